The fourth-order valence-corrected chi connectivity index (χ4v) is 2.95. The molecule has 1 aromatic carbocycles. The third-order valence-corrected chi connectivity index (χ3v) is 4.38. The zero-order valence-corrected chi connectivity index (χ0v) is 14.9. The summed E-state index contributed by atoms with van der Waals surface area (Å²) in [5, 5.41) is 7.88. The van der Waals surface area contributed by atoms with Gasteiger partial charge >= 0.3 is 6.03 Å². The lowest BCUT2D eigenvalue weighted by molar-refractivity contribution is 0.183. The fraction of sp³-hybridized carbons (Fsp3) is 0.412. The number of carbonyl (C=O) groups excluding carboxylic acids is 1. The van der Waals surface area contributed by atoms with Gasteiger partial charge in [0.15, 0.2) is 5.82 Å². The van der Waals surface area contributed by atoms with Crippen molar-refractivity contribution in [1.29, 1.82) is 0 Å². The first kappa shape index (κ1) is 17.6. The minimum Gasteiger partial charge on any atom is -0.383 e. The second-order valence-corrected chi connectivity index (χ2v) is 6.28. The number of carbonyl (C=O) groups is 1. The van der Waals surface area contributed by atoms with Crippen LogP contribution in [0, 0.1) is 0 Å². The quantitative estimate of drug-likeness (QED) is 0.886. The highest BCUT2D eigenvalue weighted by Gasteiger charge is 2.21. The summed E-state index contributed by atoms with van der Waals surface area (Å²) in [6, 6.07) is 9.45. The van der Waals surface area contributed by atoms with E-state index in [1.807, 2.05) is 30.5 Å². The molecule has 0 radical (unpaired) electrons. The molecule has 2 amide bonds. The van der Waals surface area contributed by atoms with Crippen LogP contribution < -0.4 is 10.2 Å². The van der Waals surface area contributed by atoms with E-state index in [4.69, 9.17) is 16.3 Å². The normalized spacial score (nSPS) is 14.6. The van der Waals surface area contributed by atoms with Gasteiger partial charge in [0.1, 0.15) is 0 Å². The average molecular weight is 364 g/mol. The summed E-state index contributed by atoms with van der Waals surface area (Å²) in [4.78, 5) is 16.4. The number of methoxy groups -OCH3 is 1. The lowest BCUT2D eigenvalue weighted by Gasteiger charge is -2.36. The Morgan fingerprint density at radius 1 is 1.28 bits per heavy atom. The molecule has 0 spiro atoms. The van der Waals surface area contributed by atoms with Crippen LogP contribution >= 0.6 is 11.6 Å². The smallest absolute Gasteiger partial charge is 0.323 e. The van der Waals surface area contributed by atoms with Gasteiger partial charge in [-0.3, -0.25) is 10.00 Å². The maximum absolute atomic E-state index is 12.4. The second kappa shape index (κ2) is 8.22. The number of anilines is 2. The molecule has 2 heterocycles. The SMILES string of the molecule is COCCn1ccc(NC(=O)N2CCN(c3cccc(Cl)c3)CC2)n1. The van der Waals surface area contributed by atoms with Gasteiger partial charge in [-0.15, -0.1) is 0 Å². The van der Waals surface area contributed by atoms with Crippen molar-refractivity contribution in [1.82, 2.24) is 14.7 Å². The van der Waals surface area contributed by atoms with Gasteiger partial charge in [0.05, 0.1) is 13.2 Å². The maximum atomic E-state index is 12.4. The van der Waals surface area contributed by atoms with E-state index < -0.39 is 0 Å². The van der Waals surface area contributed by atoms with E-state index in [1.165, 1.54) is 0 Å². The minimum atomic E-state index is -0.122. The van der Waals surface area contributed by atoms with E-state index in [2.05, 4.69) is 15.3 Å². The number of rotatable bonds is 5. The molecule has 1 aromatic heterocycles. The number of piperazine rings is 1. The highest BCUT2D eigenvalue weighted by atomic mass is 35.5. The summed E-state index contributed by atoms with van der Waals surface area (Å²) in [5.41, 5.74) is 1.09. The molecule has 1 N–H and O–H groups in total. The Balaban J connectivity index is 1.50. The Labute approximate surface area is 152 Å². The average Bonchev–Trinajstić information content (AvgIpc) is 3.07. The predicted molar refractivity (Wildman–Crippen MR) is 98.4 cm³/mol. The number of hydrogen-bond acceptors (Lipinski definition) is 4. The van der Waals surface area contributed by atoms with Crippen molar-refractivity contribution in [2.75, 3.05) is 50.1 Å². The Morgan fingerprint density at radius 3 is 2.80 bits per heavy atom. The third kappa shape index (κ3) is 4.64. The lowest BCUT2D eigenvalue weighted by atomic mass is 10.2. The van der Waals surface area contributed by atoms with E-state index in [9.17, 15) is 4.79 Å². The van der Waals surface area contributed by atoms with Crippen LogP contribution in [0.5, 0.6) is 0 Å². The summed E-state index contributed by atoms with van der Waals surface area (Å²) in [6.45, 7) is 4.10. The number of ether oxygens (including phenoxy) is 1. The first-order valence-electron chi connectivity index (χ1n) is 8.24. The minimum absolute atomic E-state index is 0.122. The number of nitrogens with zero attached hydrogens (tertiary/aromatic N) is 4. The molecule has 3 rings (SSSR count). The van der Waals surface area contributed by atoms with Crippen LogP contribution in [0.4, 0.5) is 16.3 Å². The van der Waals surface area contributed by atoms with E-state index in [-0.39, 0.29) is 6.03 Å². The molecule has 1 aliphatic heterocycles. The molecule has 0 bridgehead atoms. The topological polar surface area (TPSA) is 62.6 Å². The summed E-state index contributed by atoms with van der Waals surface area (Å²) in [5.74, 6) is 0.554. The predicted octanol–water partition coefficient (Wildman–Crippen LogP) is 2.54. The maximum Gasteiger partial charge on any atom is 0.323 e. The van der Waals surface area contributed by atoms with Gasteiger partial charge in [0, 0.05) is 56.3 Å². The van der Waals surface area contributed by atoms with Crippen molar-refractivity contribution in [3.63, 3.8) is 0 Å². The van der Waals surface area contributed by atoms with Gasteiger partial charge in [-0.05, 0) is 18.2 Å². The summed E-state index contributed by atoms with van der Waals surface area (Å²) in [7, 11) is 1.65. The molecule has 25 heavy (non-hydrogen) atoms. The summed E-state index contributed by atoms with van der Waals surface area (Å²) < 4.78 is 6.76. The zero-order chi connectivity index (χ0) is 17.6. The number of halogens is 1. The number of amides is 2. The fourth-order valence-electron chi connectivity index (χ4n) is 2.77. The van der Waals surface area contributed by atoms with Gasteiger partial charge in [-0.1, -0.05) is 17.7 Å². The Bertz CT molecular complexity index is 713. The first-order chi connectivity index (χ1) is 12.2. The molecular formula is C17H22ClN5O2. The summed E-state index contributed by atoms with van der Waals surface area (Å²) in [6.07, 6.45) is 1.83. The third-order valence-electron chi connectivity index (χ3n) is 4.14. The van der Waals surface area contributed by atoms with E-state index in [1.54, 1.807) is 22.8 Å². The molecule has 1 aliphatic rings. The monoisotopic (exact) mass is 363 g/mol. The van der Waals surface area contributed by atoms with E-state index in [0.29, 0.717) is 32.1 Å². The van der Waals surface area contributed by atoms with Crippen LogP contribution in [0.2, 0.25) is 5.02 Å². The number of benzene rings is 1. The van der Waals surface area contributed by atoms with Gasteiger partial charge < -0.3 is 14.5 Å². The van der Waals surface area contributed by atoms with Crippen molar-refractivity contribution < 1.29 is 9.53 Å². The number of nitrogens with one attached hydrogen (secondary N) is 1. The van der Waals surface area contributed by atoms with Crippen molar-refractivity contribution >= 4 is 29.1 Å². The Morgan fingerprint density at radius 2 is 2.08 bits per heavy atom. The van der Waals surface area contributed by atoms with Gasteiger partial charge in [0.25, 0.3) is 0 Å². The highest BCUT2D eigenvalue weighted by Crippen LogP contribution is 2.21. The molecule has 1 saturated heterocycles. The van der Waals surface area contributed by atoms with Crippen LogP contribution in [0.1, 0.15) is 0 Å². The van der Waals surface area contributed by atoms with Crippen LogP contribution in [0.25, 0.3) is 0 Å². The molecule has 134 valence electrons. The Kier molecular flexibility index (Phi) is 5.78. The van der Waals surface area contributed by atoms with Crippen molar-refractivity contribution in [3.05, 3.63) is 41.6 Å². The van der Waals surface area contributed by atoms with E-state index >= 15 is 0 Å². The molecule has 2 aromatic rings. The molecular weight excluding hydrogens is 342 g/mol. The molecule has 8 heteroatoms. The largest absolute Gasteiger partial charge is 0.383 e. The van der Waals surface area contributed by atoms with Crippen LogP contribution in [-0.2, 0) is 11.3 Å². The highest BCUT2D eigenvalue weighted by molar-refractivity contribution is 6.30. The number of urea groups is 1. The van der Waals surface area contributed by atoms with Crippen LogP contribution in [0.3, 0.4) is 0 Å². The van der Waals surface area contributed by atoms with Crippen molar-refractivity contribution in [2.24, 2.45) is 0 Å². The van der Waals surface area contributed by atoms with Crippen molar-refractivity contribution in [3.8, 4) is 0 Å². The lowest BCUT2D eigenvalue weighted by Crippen LogP contribution is -2.50. The molecule has 0 atom stereocenters. The zero-order valence-electron chi connectivity index (χ0n) is 14.2. The van der Waals surface area contributed by atoms with Gasteiger partial charge in [-0.25, -0.2) is 4.79 Å². The first-order valence-corrected chi connectivity index (χ1v) is 8.62. The second-order valence-electron chi connectivity index (χ2n) is 5.84. The number of aromatic nitrogens is 2. The van der Waals surface area contributed by atoms with E-state index in [0.717, 1.165) is 23.8 Å². The molecule has 1 fully saturated rings. The van der Waals surface area contributed by atoms with Gasteiger partial charge in [-0.2, -0.15) is 5.10 Å². The summed E-state index contributed by atoms with van der Waals surface area (Å²) >= 11 is 6.05. The molecule has 0 saturated carbocycles. The van der Waals surface area contributed by atoms with Crippen LogP contribution in [0.15, 0.2) is 36.5 Å². The number of hydrogen-bond donors (Lipinski definition) is 1. The van der Waals surface area contributed by atoms with Gasteiger partial charge in [0.2, 0.25) is 0 Å². The molecule has 0 aliphatic carbocycles. The molecule has 7 nitrogen and oxygen atoms in total. The van der Waals surface area contributed by atoms with Crippen molar-refractivity contribution in [2.45, 2.75) is 6.54 Å². The van der Waals surface area contributed by atoms with Crippen LogP contribution in [-0.4, -0.2) is 60.6 Å². The standard InChI is InChI=1S/C17H22ClN5O2/c1-25-12-11-23-6-5-16(20-23)19-17(24)22-9-7-21(8-10-22)15-4-2-3-14(18)13-15/h2-6,13H,7-12H2,1H3,(H,19,20,24). The Hall–Kier alpha value is -2.25. The molecule has 0 unspecified atom stereocenters.